The highest BCUT2D eigenvalue weighted by atomic mass is 32.2. The van der Waals surface area contributed by atoms with E-state index in [1.165, 1.54) is 25.3 Å². The number of amides is 1. The number of ether oxygens (including phenoxy) is 3. The molecule has 1 aliphatic heterocycles. The fourth-order valence-corrected chi connectivity index (χ4v) is 4.31. The molecular weight excluding hydrogens is 436 g/mol. The molecule has 10 heteroatoms. The smallest absolute Gasteiger partial charge is 0.262 e. The third-order valence-electron chi connectivity index (χ3n) is 5.06. The monoisotopic (exact) mass is 464 g/mol. The van der Waals surface area contributed by atoms with E-state index in [-0.39, 0.29) is 34.7 Å². The van der Waals surface area contributed by atoms with E-state index < -0.39 is 22.0 Å². The Morgan fingerprint density at radius 2 is 2.00 bits per heavy atom. The molecule has 0 saturated carbocycles. The summed E-state index contributed by atoms with van der Waals surface area (Å²) in [6, 6.07) is 10.2. The van der Waals surface area contributed by atoms with Crippen molar-refractivity contribution in [2.45, 2.75) is 43.3 Å². The van der Waals surface area contributed by atoms with Crippen molar-refractivity contribution in [2.24, 2.45) is 0 Å². The minimum Gasteiger partial charge on any atom is -0.506 e. The van der Waals surface area contributed by atoms with E-state index in [1.807, 2.05) is 0 Å². The van der Waals surface area contributed by atoms with Crippen LogP contribution in [-0.4, -0.2) is 52.0 Å². The van der Waals surface area contributed by atoms with Gasteiger partial charge >= 0.3 is 0 Å². The molecule has 2 unspecified atom stereocenters. The average Bonchev–Trinajstić information content (AvgIpc) is 2.79. The van der Waals surface area contributed by atoms with Crippen LogP contribution in [0.5, 0.6) is 11.5 Å². The zero-order chi connectivity index (χ0) is 23.1. The number of aromatic hydroxyl groups is 1. The summed E-state index contributed by atoms with van der Waals surface area (Å²) in [5.74, 6) is -0.419. The lowest BCUT2D eigenvalue weighted by Gasteiger charge is -2.24. The Bertz CT molecular complexity index is 1040. The molecule has 1 fully saturated rings. The van der Waals surface area contributed by atoms with Crippen molar-refractivity contribution in [2.75, 3.05) is 30.4 Å². The molecule has 1 amide bonds. The molecule has 1 heterocycles. The van der Waals surface area contributed by atoms with Gasteiger partial charge in [0.2, 0.25) is 0 Å². The van der Waals surface area contributed by atoms with Gasteiger partial charge < -0.3 is 24.6 Å². The summed E-state index contributed by atoms with van der Waals surface area (Å²) >= 11 is 0. The molecule has 2 atom stereocenters. The Morgan fingerprint density at radius 3 is 2.72 bits per heavy atom. The van der Waals surface area contributed by atoms with E-state index in [0.717, 1.165) is 19.3 Å². The first kappa shape index (κ1) is 23.8. The van der Waals surface area contributed by atoms with Gasteiger partial charge in [0.1, 0.15) is 17.6 Å². The highest BCUT2D eigenvalue weighted by Gasteiger charge is 2.22. The van der Waals surface area contributed by atoms with Crippen LogP contribution in [0.1, 0.15) is 26.2 Å². The first-order chi connectivity index (χ1) is 15.3. The van der Waals surface area contributed by atoms with Crippen LogP contribution in [0.15, 0.2) is 47.4 Å². The average molecular weight is 465 g/mol. The van der Waals surface area contributed by atoms with Gasteiger partial charge in [-0.3, -0.25) is 9.52 Å². The number of methoxy groups -OCH3 is 1. The number of anilines is 2. The molecule has 0 spiro atoms. The van der Waals surface area contributed by atoms with Gasteiger partial charge in [-0.2, -0.15) is 0 Å². The maximum atomic E-state index is 12.8. The third kappa shape index (κ3) is 6.12. The van der Waals surface area contributed by atoms with E-state index in [0.29, 0.717) is 12.4 Å². The van der Waals surface area contributed by atoms with Crippen molar-refractivity contribution in [3.63, 3.8) is 0 Å². The maximum absolute atomic E-state index is 12.8. The Labute approximate surface area is 187 Å². The minimum atomic E-state index is -4.01. The molecule has 0 aromatic heterocycles. The number of para-hydroxylation sites is 2. The number of sulfonamides is 1. The third-order valence-corrected chi connectivity index (χ3v) is 6.43. The van der Waals surface area contributed by atoms with Crippen molar-refractivity contribution in [3.05, 3.63) is 42.5 Å². The fourth-order valence-electron chi connectivity index (χ4n) is 3.22. The molecule has 0 radical (unpaired) electrons. The predicted octanol–water partition coefficient (Wildman–Crippen LogP) is 3.11. The number of nitrogens with one attached hydrogen (secondary N) is 2. The SMILES string of the molecule is COc1ccccc1NS(=O)(=O)c1ccc(O)c(NC(=O)C(C)OCC2CCCCO2)c1. The van der Waals surface area contributed by atoms with E-state index in [9.17, 15) is 18.3 Å². The zero-order valence-electron chi connectivity index (χ0n) is 18.0. The number of carbonyl (C=O) groups excluding carboxylic acids is 1. The highest BCUT2D eigenvalue weighted by Crippen LogP contribution is 2.30. The van der Waals surface area contributed by atoms with Gasteiger partial charge in [0, 0.05) is 6.61 Å². The van der Waals surface area contributed by atoms with Crippen LogP contribution in [-0.2, 0) is 24.3 Å². The molecule has 1 saturated heterocycles. The molecular formula is C22H28N2O7S. The van der Waals surface area contributed by atoms with Crippen molar-refractivity contribution in [1.29, 1.82) is 0 Å². The molecule has 2 aromatic rings. The van der Waals surface area contributed by atoms with Crippen LogP contribution in [0.25, 0.3) is 0 Å². The molecule has 9 nitrogen and oxygen atoms in total. The van der Waals surface area contributed by atoms with Crippen molar-refractivity contribution in [3.8, 4) is 11.5 Å². The number of rotatable bonds is 9. The van der Waals surface area contributed by atoms with Crippen LogP contribution in [0.3, 0.4) is 0 Å². The lowest BCUT2D eigenvalue weighted by Crippen LogP contribution is -2.32. The summed E-state index contributed by atoms with van der Waals surface area (Å²) in [7, 11) is -2.57. The summed E-state index contributed by atoms with van der Waals surface area (Å²) in [6.45, 7) is 2.56. The lowest BCUT2D eigenvalue weighted by atomic mass is 10.1. The van der Waals surface area contributed by atoms with Crippen molar-refractivity contribution >= 4 is 27.3 Å². The quantitative estimate of drug-likeness (QED) is 0.487. The summed E-state index contributed by atoms with van der Waals surface area (Å²) in [5.41, 5.74) is 0.225. The largest absolute Gasteiger partial charge is 0.506 e. The first-order valence-corrected chi connectivity index (χ1v) is 11.8. The number of phenols is 1. The lowest BCUT2D eigenvalue weighted by molar-refractivity contribution is -0.130. The molecule has 0 aliphatic carbocycles. The van der Waals surface area contributed by atoms with Crippen LogP contribution < -0.4 is 14.8 Å². The van der Waals surface area contributed by atoms with Crippen LogP contribution in [0.4, 0.5) is 11.4 Å². The van der Waals surface area contributed by atoms with Gasteiger partial charge in [-0.1, -0.05) is 12.1 Å². The van der Waals surface area contributed by atoms with Gasteiger partial charge in [-0.25, -0.2) is 8.42 Å². The van der Waals surface area contributed by atoms with Crippen LogP contribution in [0.2, 0.25) is 0 Å². The number of hydrogen-bond donors (Lipinski definition) is 3. The maximum Gasteiger partial charge on any atom is 0.262 e. The second-order valence-electron chi connectivity index (χ2n) is 7.44. The Balaban J connectivity index is 1.68. The minimum absolute atomic E-state index is 0.0396. The summed E-state index contributed by atoms with van der Waals surface area (Å²) in [6.07, 6.45) is 2.12. The van der Waals surface area contributed by atoms with Gasteiger partial charge in [0.05, 0.1) is 36.1 Å². The molecule has 2 aromatic carbocycles. The zero-order valence-corrected chi connectivity index (χ0v) is 18.9. The van der Waals surface area contributed by atoms with E-state index in [1.54, 1.807) is 31.2 Å². The molecule has 32 heavy (non-hydrogen) atoms. The topological polar surface area (TPSA) is 123 Å². The number of hydrogen-bond acceptors (Lipinski definition) is 7. The molecule has 1 aliphatic rings. The normalized spacial score (nSPS) is 17.4. The fraction of sp³-hybridized carbons (Fsp3) is 0.409. The first-order valence-electron chi connectivity index (χ1n) is 10.3. The van der Waals surface area contributed by atoms with Crippen molar-refractivity contribution < 1.29 is 32.5 Å². The second kappa shape index (κ2) is 10.7. The Hall–Kier alpha value is -2.82. The van der Waals surface area contributed by atoms with Crippen LogP contribution >= 0.6 is 0 Å². The molecule has 174 valence electrons. The highest BCUT2D eigenvalue weighted by molar-refractivity contribution is 7.92. The van der Waals surface area contributed by atoms with Gasteiger partial charge in [-0.15, -0.1) is 0 Å². The van der Waals surface area contributed by atoms with Gasteiger partial charge in [-0.05, 0) is 56.5 Å². The molecule has 3 N–H and O–H groups in total. The molecule has 0 bridgehead atoms. The predicted molar refractivity (Wildman–Crippen MR) is 120 cm³/mol. The second-order valence-corrected chi connectivity index (χ2v) is 9.12. The van der Waals surface area contributed by atoms with Gasteiger partial charge in [0.15, 0.2) is 0 Å². The van der Waals surface area contributed by atoms with Gasteiger partial charge in [0.25, 0.3) is 15.9 Å². The number of phenolic OH excluding ortho intramolecular Hbond substituents is 1. The summed E-state index contributed by atoms with van der Waals surface area (Å²) in [4.78, 5) is 12.4. The summed E-state index contributed by atoms with van der Waals surface area (Å²) < 4.78 is 44.5. The van der Waals surface area contributed by atoms with Crippen molar-refractivity contribution in [1.82, 2.24) is 0 Å². The van der Waals surface area contributed by atoms with E-state index >= 15 is 0 Å². The standard InChI is InChI=1S/C22H28N2O7S/c1-15(31-14-16-7-5-6-12-30-16)22(26)23-19-13-17(10-11-20(19)25)32(27,28)24-18-8-3-4-9-21(18)29-2/h3-4,8-11,13,15-16,24-25H,5-7,12,14H2,1-2H3,(H,23,26). The summed E-state index contributed by atoms with van der Waals surface area (Å²) in [5, 5.41) is 12.7. The Morgan fingerprint density at radius 1 is 1.22 bits per heavy atom. The Kier molecular flexibility index (Phi) is 7.94. The molecule has 3 rings (SSSR count). The van der Waals surface area contributed by atoms with Crippen LogP contribution in [0, 0.1) is 0 Å². The number of benzene rings is 2. The number of carbonyl (C=O) groups is 1. The van der Waals surface area contributed by atoms with E-state index in [4.69, 9.17) is 14.2 Å². The van der Waals surface area contributed by atoms with E-state index in [2.05, 4.69) is 10.0 Å².